The molecule has 210 valence electrons. The number of fused-ring (bicyclic) bond motifs is 4. The third-order valence-electron chi connectivity index (χ3n) is 9.04. The molecule has 5 atom stereocenters. The maximum atomic E-state index is 14.0. The van der Waals surface area contributed by atoms with Gasteiger partial charge in [-0.1, -0.05) is 43.8 Å². The fourth-order valence-corrected chi connectivity index (χ4v) is 7.21. The van der Waals surface area contributed by atoms with E-state index in [1.54, 1.807) is 19.9 Å². The lowest BCUT2D eigenvalue weighted by molar-refractivity contribution is -0.160. The zero-order valence-electron chi connectivity index (χ0n) is 23.2. The molecule has 40 heavy (non-hydrogen) atoms. The van der Waals surface area contributed by atoms with E-state index in [9.17, 15) is 24.3 Å². The van der Waals surface area contributed by atoms with Gasteiger partial charge >= 0.3 is 11.9 Å². The molecular formula is C32H34O8. The zero-order chi connectivity index (χ0) is 29.0. The molecule has 1 saturated heterocycles. The predicted octanol–water partition coefficient (Wildman–Crippen LogP) is 4.30. The second-order valence-electron chi connectivity index (χ2n) is 11.5. The summed E-state index contributed by atoms with van der Waals surface area (Å²) in [7, 11) is 1.47. The summed E-state index contributed by atoms with van der Waals surface area (Å²) in [5.74, 6) is -2.97. The maximum absolute atomic E-state index is 14.0. The molecule has 1 heterocycles. The van der Waals surface area contributed by atoms with E-state index in [0.717, 1.165) is 5.56 Å². The Morgan fingerprint density at radius 1 is 1.20 bits per heavy atom. The fraction of sp³-hybridized carbons (Fsp3) is 0.438. The van der Waals surface area contributed by atoms with Gasteiger partial charge in [0.25, 0.3) is 0 Å². The van der Waals surface area contributed by atoms with E-state index in [1.807, 2.05) is 30.3 Å². The number of benzene rings is 1. The molecule has 1 saturated carbocycles. The summed E-state index contributed by atoms with van der Waals surface area (Å²) in [4.78, 5) is 52.8. The van der Waals surface area contributed by atoms with Crippen molar-refractivity contribution in [3.63, 3.8) is 0 Å². The lowest BCUT2D eigenvalue weighted by atomic mass is 9.53. The molecule has 3 aliphatic carbocycles. The predicted molar refractivity (Wildman–Crippen MR) is 145 cm³/mol. The molecule has 0 bridgehead atoms. The first kappa shape index (κ1) is 27.8. The van der Waals surface area contributed by atoms with E-state index in [-0.39, 0.29) is 42.0 Å². The van der Waals surface area contributed by atoms with Crippen molar-refractivity contribution in [2.45, 2.75) is 58.7 Å². The van der Waals surface area contributed by atoms with Crippen molar-refractivity contribution >= 4 is 23.5 Å². The first-order valence-electron chi connectivity index (χ1n) is 13.5. The summed E-state index contributed by atoms with van der Waals surface area (Å²) in [5.41, 5.74) is 0.218. The molecule has 0 amide bonds. The summed E-state index contributed by atoms with van der Waals surface area (Å²) in [6.45, 7) is 8.94. The van der Waals surface area contributed by atoms with Crippen LogP contribution in [0.2, 0.25) is 0 Å². The Kier molecular flexibility index (Phi) is 6.94. The van der Waals surface area contributed by atoms with Gasteiger partial charge < -0.3 is 19.3 Å². The zero-order valence-corrected chi connectivity index (χ0v) is 23.2. The van der Waals surface area contributed by atoms with Crippen LogP contribution in [0.5, 0.6) is 0 Å². The van der Waals surface area contributed by atoms with Crippen LogP contribution in [-0.2, 0) is 39.8 Å². The van der Waals surface area contributed by atoms with E-state index in [0.29, 0.717) is 24.0 Å². The van der Waals surface area contributed by atoms with Gasteiger partial charge in [0.15, 0.2) is 5.76 Å². The highest BCUT2D eigenvalue weighted by atomic mass is 16.6. The van der Waals surface area contributed by atoms with Gasteiger partial charge in [0.1, 0.15) is 18.0 Å². The number of rotatable bonds is 6. The van der Waals surface area contributed by atoms with Crippen LogP contribution in [0.15, 0.2) is 76.6 Å². The Bertz CT molecular complexity index is 1410. The number of esters is 2. The maximum Gasteiger partial charge on any atom is 0.338 e. The molecular weight excluding hydrogens is 512 g/mol. The Labute approximate surface area is 233 Å². The normalized spacial score (nSPS) is 32.5. The van der Waals surface area contributed by atoms with Crippen molar-refractivity contribution in [2.75, 3.05) is 13.7 Å². The number of Topliss-reactive ketones (excluding diaryl/α,β-unsaturated/α-hetero) is 2. The molecule has 0 aromatic heterocycles. The van der Waals surface area contributed by atoms with Crippen LogP contribution in [0.3, 0.4) is 0 Å². The minimum Gasteiger partial charge on any atom is -0.504 e. The quantitative estimate of drug-likeness (QED) is 0.415. The number of methoxy groups -OCH3 is 1. The van der Waals surface area contributed by atoms with Crippen molar-refractivity contribution < 1.29 is 38.5 Å². The fourth-order valence-electron chi connectivity index (χ4n) is 7.21. The number of aliphatic hydroxyl groups excluding tert-OH is 1. The number of hydrogen-bond acceptors (Lipinski definition) is 8. The molecule has 1 aliphatic heterocycles. The Morgan fingerprint density at radius 3 is 2.55 bits per heavy atom. The lowest BCUT2D eigenvalue weighted by Crippen LogP contribution is -2.57. The van der Waals surface area contributed by atoms with Gasteiger partial charge in [0.2, 0.25) is 5.78 Å². The van der Waals surface area contributed by atoms with E-state index in [1.165, 1.54) is 14.0 Å². The van der Waals surface area contributed by atoms with E-state index in [4.69, 9.17) is 14.2 Å². The summed E-state index contributed by atoms with van der Waals surface area (Å²) < 4.78 is 17.2. The molecule has 0 radical (unpaired) electrons. The third kappa shape index (κ3) is 4.17. The Balaban J connectivity index is 1.71. The average Bonchev–Trinajstić information content (AvgIpc) is 3.19. The van der Waals surface area contributed by atoms with Crippen molar-refractivity contribution in [3.8, 4) is 0 Å². The van der Waals surface area contributed by atoms with E-state index >= 15 is 0 Å². The molecule has 0 spiro atoms. The van der Waals surface area contributed by atoms with Gasteiger partial charge in [-0.25, -0.2) is 4.79 Å². The summed E-state index contributed by atoms with van der Waals surface area (Å²) in [6, 6.07) is 9.58. The molecule has 1 aromatic carbocycles. The Hall–Kier alpha value is -3.78. The number of ether oxygens (including phenoxy) is 3. The van der Waals surface area contributed by atoms with Crippen LogP contribution >= 0.6 is 0 Å². The van der Waals surface area contributed by atoms with Gasteiger partial charge in [0, 0.05) is 49.4 Å². The SMILES string of the molecule is C=C(/C=C1/C(=O)OC(COC)[C@@]2(C)C1=C(O)C(=O)C1=C2C(OC(C)=O)C[C@]2(C)C(=O)CCC12)Cc1ccccc1. The number of carbonyl (C=O) groups excluding carboxylic acids is 4. The van der Waals surface area contributed by atoms with Crippen LogP contribution in [0.25, 0.3) is 0 Å². The van der Waals surface area contributed by atoms with Gasteiger partial charge in [-0.3, -0.25) is 14.4 Å². The van der Waals surface area contributed by atoms with Crippen LogP contribution in [0.4, 0.5) is 0 Å². The van der Waals surface area contributed by atoms with Crippen LogP contribution in [0, 0.1) is 16.7 Å². The number of ketones is 2. The highest BCUT2D eigenvalue weighted by Gasteiger charge is 2.64. The molecule has 8 nitrogen and oxygen atoms in total. The largest absolute Gasteiger partial charge is 0.504 e. The van der Waals surface area contributed by atoms with E-state index in [2.05, 4.69) is 6.58 Å². The molecule has 8 heteroatoms. The molecule has 1 N–H and O–H groups in total. The van der Waals surface area contributed by atoms with Crippen LogP contribution in [0.1, 0.15) is 45.6 Å². The highest BCUT2D eigenvalue weighted by molar-refractivity contribution is 6.14. The second kappa shape index (κ2) is 10.0. The average molecular weight is 547 g/mol. The summed E-state index contributed by atoms with van der Waals surface area (Å²) >= 11 is 0. The van der Waals surface area contributed by atoms with Crippen molar-refractivity contribution in [3.05, 3.63) is 82.2 Å². The standard InChI is InChI=1S/C32H34O8/c1-17(13-19-9-7-6-8-10-19)14-20-26-29(36)28(35)25-21-11-12-23(34)31(21,3)15-22(39-18(2)33)27(25)32(26,4)24(16-38-5)40-30(20)37/h6-10,14,21-22,24,36H,1,11-13,15-16H2,2-5H3/b20-14+/t21?,22?,24?,31-,32-/m0/s1. The van der Waals surface area contributed by atoms with Crippen LogP contribution in [-0.4, -0.2) is 54.5 Å². The van der Waals surface area contributed by atoms with Crippen molar-refractivity contribution in [2.24, 2.45) is 16.7 Å². The third-order valence-corrected chi connectivity index (χ3v) is 9.04. The first-order chi connectivity index (χ1) is 18.9. The highest BCUT2D eigenvalue weighted by Crippen LogP contribution is 2.62. The summed E-state index contributed by atoms with van der Waals surface area (Å²) in [5, 5.41) is 11.6. The van der Waals surface area contributed by atoms with Crippen molar-refractivity contribution in [1.29, 1.82) is 0 Å². The molecule has 1 aromatic rings. The topological polar surface area (TPSA) is 116 Å². The van der Waals surface area contributed by atoms with Gasteiger partial charge in [0.05, 0.1) is 17.6 Å². The van der Waals surface area contributed by atoms with Crippen molar-refractivity contribution in [1.82, 2.24) is 0 Å². The van der Waals surface area contributed by atoms with Crippen LogP contribution < -0.4 is 0 Å². The molecule has 3 unspecified atom stereocenters. The van der Waals surface area contributed by atoms with Gasteiger partial charge in [-0.2, -0.15) is 0 Å². The number of carbonyl (C=O) groups is 4. The smallest absolute Gasteiger partial charge is 0.338 e. The molecule has 5 rings (SSSR count). The molecule has 4 aliphatic rings. The summed E-state index contributed by atoms with van der Waals surface area (Å²) in [6.07, 6.45) is 1.04. The molecule has 2 fully saturated rings. The lowest BCUT2D eigenvalue weighted by Gasteiger charge is -2.53. The minimum atomic E-state index is -1.27. The van der Waals surface area contributed by atoms with Gasteiger partial charge in [-0.15, -0.1) is 0 Å². The minimum absolute atomic E-state index is 0.00488. The van der Waals surface area contributed by atoms with E-state index < -0.39 is 52.4 Å². The second-order valence-corrected chi connectivity index (χ2v) is 11.5. The Morgan fingerprint density at radius 2 is 1.90 bits per heavy atom. The van der Waals surface area contributed by atoms with Gasteiger partial charge in [-0.05, 0) is 42.6 Å². The number of aliphatic hydroxyl groups is 1. The monoisotopic (exact) mass is 546 g/mol. The number of cyclic esters (lactones) is 1. The number of hydrogen-bond donors (Lipinski definition) is 1. The first-order valence-corrected chi connectivity index (χ1v) is 13.5. The number of allylic oxidation sites excluding steroid dienone is 3.